The van der Waals surface area contributed by atoms with E-state index in [9.17, 15) is 17.2 Å². The Kier molecular flexibility index (Phi) is 4.58. The van der Waals surface area contributed by atoms with Crippen LogP contribution >= 0.6 is 0 Å². The molecule has 0 amide bonds. The van der Waals surface area contributed by atoms with Crippen LogP contribution in [0.1, 0.15) is 23.2 Å². The van der Waals surface area contributed by atoms with Gasteiger partial charge in [-0.1, -0.05) is 6.07 Å². The van der Waals surface area contributed by atoms with Gasteiger partial charge >= 0.3 is 6.61 Å². The summed E-state index contributed by atoms with van der Waals surface area (Å²) < 4.78 is 57.3. The van der Waals surface area contributed by atoms with Crippen molar-refractivity contribution in [1.82, 2.24) is 4.98 Å². The molecule has 1 aromatic heterocycles. The van der Waals surface area contributed by atoms with Gasteiger partial charge in [0.05, 0.1) is 4.91 Å². The first-order valence-electron chi connectivity index (χ1n) is 8.71. The van der Waals surface area contributed by atoms with Crippen LogP contribution in [0.2, 0.25) is 0 Å². The first-order valence-corrected chi connectivity index (χ1v) is 10.2. The van der Waals surface area contributed by atoms with Gasteiger partial charge in [-0.15, -0.1) is 0 Å². The van der Waals surface area contributed by atoms with Crippen LogP contribution in [0, 0.1) is 6.92 Å². The minimum atomic E-state index is -3.72. The lowest BCUT2D eigenvalue weighted by molar-refractivity contribution is -0.0498. The van der Waals surface area contributed by atoms with Crippen molar-refractivity contribution in [2.24, 2.45) is 0 Å². The van der Waals surface area contributed by atoms with Crippen molar-refractivity contribution in [2.75, 3.05) is 4.72 Å². The molecular formula is C20H18F2N2O3S. The lowest BCUT2D eigenvalue weighted by Gasteiger charge is -2.18. The Balaban J connectivity index is 1.59. The molecule has 1 heterocycles. The van der Waals surface area contributed by atoms with Gasteiger partial charge < -0.3 is 9.72 Å². The first-order chi connectivity index (χ1) is 13.3. The highest BCUT2D eigenvalue weighted by Crippen LogP contribution is 2.31. The Bertz CT molecular complexity index is 1180. The van der Waals surface area contributed by atoms with Crippen LogP contribution in [-0.4, -0.2) is 20.0 Å². The second-order valence-electron chi connectivity index (χ2n) is 6.71. The van der Waals surface area contributed by atoms with Crippen molar-refractivity contribution in [3.05, 3.63) is 64.2 Å². The van der Waals surface area contributed by atoms with E-state index in [4.69, 9.17) is 0 Å². The lowest BCUT2D eigenvalue weighted by atomic mass is 9.97. The Morgan fingerprint density at radius 2 is 1.93 bits per heavy atom. The summed E-state index contributed by atoms with van der Waals surface area (Å²) in [5.74, 6) is 0.0710. The van der Waals surface area contributed by atoms with Crippen LogP contribution in [0.4, 0.5) is 14.5 Å². The van der Waals surface area contributed by atoms with Gasteiger partial charge in [-0.3, -0.25) is 4.72 Å². The molecule has 28 heavy (non-hydrogen) atoms. The fraction of sp³-hybridized carbons (Fsp3) is 0.200. The SMILES string of the molecule is Cc1cc2cc(NS(=O)(=O)C3=Cc4ccc(OC(F)F)cc4CC3)ccc2[nH]1. The number of aromatic nitrogens is 1. The number of hydrogen-bond acceptors (Lipinski definition) is 3. The second-order valence-corrected chi connectivity index (χ2v) is 8.45. The summed E-state index contributed by atoms with van der Waals surface area (Å²) in [6, 6.07) is 11.8. The Labute approximate surface area is 161 Å². The molecule has 146 valence electrons. The number of fused-ring (bicyclic) bond motifs is 2. The van der Waals surface area contributed by atoms with Crippen molar-refractivity contribution in [3.8, 4) is 5.75 Å². The molecule has 2 N–H and O–H groups in total. The number of sulfonamides is 1. The minimum absolute atomic E-state index is 0.0710. The summed E-state index contributed by atoms with van der Waals surface area (Å²) >= 11 is 0. The monoisotopic (exact) mass is 404 g/mol. The predicted octanol–water partition coefficient (Wildman–Crippen LogP) is 4.81. The second kappa shape index (κ2) is 6.94. The number of halogens is 2. The van der Waals surface area contributed by atoms with E-state index in [1.54, 1.807) is 24.3 Å². The average molecular weight is 404 g/mol. The summed E-state index contributed by atoms with van der Waals surface area (Å²) in [6.45, 7) is -0.954. The zero-order chi connectivity index (χ0) is 19.9. The van der Waals surface area contributed by atoms with Crippen LogP contribution in [0.15, 0.2) is 47.4 Å². The van der Waals surface area contributed by atoms with Gasteiger partial charge in [-0.2, -0.15) is 8.78 Å². The fourth-order valence-electron chi connectivity index (χ4n) is 3.39. The first kappa shape index (κ1) is 18.5. The smallest absolute Gasteiger partial charge is 0.387 e. The van der Waals surface area contributed by atoms with Gasteiger partial charge in [0.1, 0.15) is 5.75 Å². The third kappa shape index (κ3) is 3.73. The van der Waals surface area contributed by atoms with E-state index < -0.39 is 16.6 Å². The number of H-pyrrole nitrogens is 1. The molecule has 4 rings (SSSR count). The Morgan fingerprint density at radius 3 is 2.71 bits per heavy atom. The highest BCUT2D eigenvalue weighted by molar-refractivity contribution is 7.96. The summed E-state index contributed by atoms with van der Waals surface area (Å²) in [6.07, 6.45) is 2.29. The third-order valence-electron chi connectivity index (χ3n) is 4.65. The number of alkyl halides is 2. The van der Waals surface area contributed by atoms with E-state index in [-0.39, 0.29) is 17.1 Å². The zero-order valence-electron chi connectivity index (χ0n) is 15.0. The summed E-state index contributed by atoms with van der Waals surface area (Å²) in [7, 11) is -3.72. The van der Waals surface area contributed by atoms with Crippen molar-refractivity contribution in [1.29, 1.82) is 0 Å². The van der Waals surface area contributed by atoms with Gasteiger partial charge in [0, 0.05) is 22.3 Å². The van der Waals surface area contributed by atoms with Crippen molar-refractivity contribution in [2.45, 2.75) is 26.4 Å². The minimum Gasteiger partial charge on any atom is -0.435 e. The van der Waals surface area contributed by atoms with Crippen LogP contribution in [-0.2, 0) is 16.4 Å². The number of ether oxygens (including phenoxy) is 1. The normalized spacial score (nSPS) is 14.1. The Morgan fingerprint density at radius 1 is 1.11 bits per heavy atom. The molecular weight excluding hydrogens is 386 g/mol. The molecule has 0 bridgehead atoms. The number of aromatic amines is 1. The highest BCUT2D eigenvalue weighted by Gasteiger charge is 2.22. The molecule has 0 saturated carbocycles. The maximum atomic E-state index is 12.8. The van der Waals surface area contributed by atoms with Gasteiger partial charge in [0.2, 0.25) is 0 Å². The highest BCUT2D eigenvalue weighted by atomic mass is 32.2. The number of allylic oxidation sites excluding steroid dienone is 1. The predicted molar refractivity (Wildman–Crippen MR) is 105 cm³/mol. The molecule has 1 aliphatic carbocycles. The lowest BCUT2D eigenvalue weighted by Crippen LogP contribution is -2.17. The number of nitrogens with one attached hydrogen (secondary N) is 2. The number of anilines is 1. The molecule has 8 heteroatoms. The molecule has 0 spiro atoms. The van der Waals surface area contributed by atoms with E-state index >= 15 is 0 Å². The molecule has 0 aliphatic heterocycles. The molecule has 0 fully saturated rings. The quantitative estimate of drug-likeness (QED) is 0.641. The fourth-order valence-corrected chi connectivity index (χ4v) is 4.61. The maximum absolute atomic E-state index is 12.8. The van der Waals surface area contributed by atoms with Crippen molar-refractivity contribution in [3.63, 3.8) is 0 Å². The van der Waals surface area contributed by atoms with Crippen LogP contribution < -0.4 is 9.46 Å². The number of benzene rings is 2. The largest absolute Gasteiger partial charge is 0.435 e. The van der Waals surface area contributed by atoms with Crippen LogP contribution in [0.25, 0.3) is 17.0 Å². The summed E-state index contributed by atoms with van der Waals surface area (Å²) in [4.78, 5) is 3.45. The third-order valence-corrected chi connectivity index (χ3v) is 6.17. The van der Waals surface area contributed by atoms with Crippen molar-refractivity contribution < 1.29 is 21.9 Å². The number of aryl methyl sites for hydroxylation is 2. The Hall–Kier alpha value is -2.87. The average Bonchev–Trinajstić information content (AvgIpc) is 2.99. The summed E-state index contributed by atoms with van der Waals surface area (Å²) in [5, 5.41) is 0.923. The molecule has 5 nitrogen and oxygen atoms in total. The molecule has 0 radical (unpaired) electrons. The molecule has 3 aromatic rings. The number of rotatable bonds is 5. The van der Waals surface area contributed by atoms with E-state index in [1.807, 2.05) is 19.1 Å². The van der Waals surface area contributed by atoms with Gasteiger partial charge in [-0.05, 0) is 73.4 Å². The molecule has 0 unspecified atom stereocenters. The van der Waals surface area contributed by atoms with Crippen molar-refractivity contribution >= 4 is 32.7 Å². The van der Waals surface area contributed by atoms with Crippen LogP contribution in [0.5, 0.6) is 5.75 Å². The van der Waals surface area contributed by atoms with Crippen LogP contribution in [0.3, 0.4) is 0 Å². The zero-order valence-corrected chi connectivity index (χ0v) is 15.8. The topological polar surface area (TPSA) is 71.2 Å². The maximum Gasteiger partial charge on any atom is 0.387 e. The van der Waals surface area contributed by atoms with Gasteiger partial charge in [-0.25, -0.2) is 8.42 Å². The molecule has 0 atom stereocenters. The standard InChI is InChI=1S/C20H18F2N2O3S/c1-12-8-15-9-16(4-7-19(15)23-12)24-28(25,26)18-6-3-13-10-17(27-20(21)22)5-2-14(13)11-18/h2,4-5,7-11,20,23-24H,3,6H2,1H3. The van der Waals surface area contributed by atoms with Gasteiger partial charge in [0.25, 0.3) is 10.0 Å². The molecule has 1 aliphatic rings. The van der Waals surface area contributed by atoms with E-state index in [0.717, 1.165) is 22.2 Å². The molecule has 2 aromatic carbocycles. The van der Waals surface area contributed by atoms with E-state index in [1.165, 1.54) is 12.1 Å². The number of hydrogen-bond donors (Lipinski definition) is 2. The van der Waals surface area contributed by atoms with E-state index in [2.05, 4.69) is 14.4 Å². The summed E-state index contributed by atoms with van der Waals surface area (Å²) in [5.41, 5.74) is 3.88. The molecule has 0 saturated heterocycles. The van der Waals surface area contributed by atoms with E-state index in [0.29, 0.717) is 17.7 Å². The van der Waals surface area contributed by atoms with Gasteiger partial charge in [0.15, 0.2) is 0 Å².